The molecule has 1 atom stereocenters. The van der Waals surface area contributed by atoms with Gasteiger partial charge in [0.15, 0.2) is 0 Å². The molecule has 0 saturated heterocycles. The van der Waals surface area contributed by atoms with Crippen LogP contribution in [0.25, 0.3) is 0 Å². The van der Waals surface area contributed by atoms with Crippen LogP contribution in [0.15, 0.2) is 42.7 Å². The molecule has 106 valence electrons. The van der Waals surface area contributed by atoms with E-state index in [2.05, 4.69) is 10.4 Å². The largest absolute Gasteiger partial charge is 0.324 e. The van der Waals surface area contributed by atoms with Crippen molar-refractivity contribution in [2.45, 2.75) is 32.4 Å². The van der Waals surface area contributed by atoms with Crippen molar-refractivity contribution in [1.29, 1.82) is 0 Å². The van der Waals surface area contributed by atoms with Crippen LogP contribution in [0.4, 0.5) is 5.69 Å². The summed E-state index contributed by atoms with van der Waals surface area (Å²) < 4.78 is 1.82. The van der Waals surface area contributed by atoms with Crippen molar-refractivity contribution in [2.24, 2.45) is 5.73 Å². The Balaban J connectivity index is 2.09. The molecule has 1 aromatic heterocycles. The van der Waals surface area contributed by atoms with E-state index in [4.69, 9.17) is 5.73 Å². The number of hydrogen-bond donors (Lipinski definition) is 2. The van der Waals surface area contributed by atoms with Gasteiger partial charge in [-0.05, 0) is 24.1 Å². The Kier molecular flexibility index (Phi) is 4.90. The van der Waals surface area contributed by atoms with Gasteiger partial charge >= 0.3 is 0 Å². The summed E-state index contributed by atoms with van der Waals surface area (Å²) >= 11 is 0. The first-order chi connectivity index (χ1) is 9.70. The lowest BCUT2D eigenvalue weighted by molar-refractivity contribution is -0.117. The lowest BCUT2D eigenvalue weighted by atomic mass is 10.1. The number of nitrogens with one attached hydrogen (secondary N) is 1. The molecule has 0 saturated carbocycles. The summed E-state index contributed by atoms with van der Waals surface area (Å²) in [5.41, 5.74) is 7.63. The van der Waals surface area contributed by atoms with Gasteiger partial charge in [0.05, 0.1) is 12.6 Å². The van der Waals surface area contributed by atoms with Crippen LogP contribution < -0.4 is 11.1 Å². The monoisotopic (exact) mass is 272 g/mol. The van der Waals surface area contributed by atoms with Crippen LogP contribution in [0.3, 0.4) is 0 Å². The number of anilines is 1. The van der Waals surface area contributed by atoms with Crippen LogP contribution in [0.5, 0.6) is 0 Å². The fourth-order valence-electron chi connectivity index (χ4n) is 2.02. The van der Waals surface area contributed by atoms with Crippen LogP contribution >= 0.6 is 0 Å². The van der Waals surface area contributed by atoms with Crippen molar-refractivity contribution >= 4 is 11.6 Å². The van der Waals surface area contributed by atoms with Crippen LogP contribution in [0, 0.1) is 0 Å². The number of nitrogens with two attached hydrogens (primary N) is 1. The summed E-state index contributed by atoms with van der Waals surface area (Å²) in [6, 6.07) is 9.11. The highest BCUT2D eigenvalue weighted by Crippen LogP contribution is 2.16. The van der Waals surface area contributed by atoms with Crippen LogP contribution in [0.2, 0.25) is 0 Å². The highest BCUT2D eigenvalue weighted by Gasteiger charge is 2.14. The van der Waals surface area contributed by atoms with E-state index < -0.39 is 6.04 Å². The lowest BCUT2D eigenvalue weighted by Crippen LogP contribution is -2.35. The molecule has 20 heavy (non-hydrogen) atoms. The molecule has 1 aromatic carbocycles. The van der Waals surface area contributed by atoms with E-state index in [1.54, 1.807) is 6.20 Å². The van der Waals surface area contributed by atoms with E-state index in [0.717, 1.165) is 17.7 Å². The first-order valence-electron chi connectivity index (χ1n) is 6.82. The van der Waals surface area contributed by atoms with Crippen LogP contribution in [0.1, 0.15) is 25.3 Å². The summed E-state index contributed by atoms with van der Waals surface area (Å²) in [5.74, 6) is -0.139. The minimum absolute atomic E-state index is 0.139. The standard InChI is InChI=1S/C15H20N4O/c1-2-6-13(16)15(20)18-14-8-4-3-7-12(14)11-19-10-5-9-17-19/h3-5,7-10,13H,2,6,11,16H2,1H3,(H,18,20). The van der Waals surface area contributed by atoms with Crippen molar-refractivity contribution in [2.75, 3.05) is 5.32 Å². The molecule has 1 unspecified atom stereocenters. The van der Waals surface area contributed by atoms with Gasteiger partial charge in [-0.3, -0.25) is 9.48 Å². The molecule has 5 nitrogen and oxygen atoms in total. The maximum atomic E-state index is 12.0. The zero-order chi connectivity index (χ0) is 14.4. The Morgan fingerprint density at radius 1 is 1.40 bits per heavy atom. The second kappa shape index (κ2) is 6.86. The number of nitrogens with zero attached hydrogens (tertiary/aromatic N) is 2. The summed E-state index contributed by atoms with van der Waals surface area (Å²) in [5, 5.41) is 7.08. The first kappa shape index (κ1) is 14.3. The molecular formula is C15H20N4O. The predicted octanol–water partition coefficient (Wildman–Crippen LogP) is 2.00. The summed E-state index contributed by atoms with van der Waals surface area (Å²) in [4.78, 5) is 12.0. The maximum absolute atomic E-state index is 12.0. The summed E-state index contributed by atoms with van der Waals surface area (Å²) in [6.45, 7) is 2.63. The molecule has 1 heterocycles. The average molecular weight is 272 g/mol. The number of carbonyl (C=O) groups excluding carboxylic acids is 1. The van der Waals surface area contributed by atoms with Gasteiger partial charge in [-0.1, -0.05) is 31.5 Å². The van der Waals surface area contributed by atoms with Gasteiger partial charge in [0, 0.05) is 18.1 Å². The van der Waals surface area contributed by atoms with E-state index in [1.165, 1.54) is 0 Å². The van der Waals surface area contributed by atoms with E-state index in [9.17, 15) is 4.79 Å². The van der Waals surface area contributed by atoms with Crippen LogP contribution in [-0.2, 0) is 11.3 Å². The summed E-state index contributed by atoms with van der Waals surface area (Å²) in [6.07, 6.45) is 5.20. The van der Waals surface area contributed by atoms with E-state index in [-0.39, 0.29) is 5.91 Å². The number of aromatic nitrogens is 2. The Morgan fingerprint density at radius 2 is 2.20 bits per heavy atom. The Labute approximate surface area is 118 Å². The third-order valence-corrected chi connectivity index (χ3v) is 3.10. The van der Waals surface area contributed by atoms with Crippen molar-refractivity contribution in [3.05, 3.63) is 48.3 Å². The molecule has 0 radical (unpaired) electrons. The number of para-hydroxylation sites is 1. The maximum Gasteiger partial charge on any atom is 0.241 e. The highest BCUT2D eigenvalue weighted by molar-refractivity contribution is 5.95. The van der Waals surface area contributed by atoms with Gasteiger partial charge in [0.2, 0.25) is 5.91 Å². The smallest absolute Gasteiger partial charge is 0.241 e. The molecule has 0 spiro atoms. The third-order valence-electron chi connectivity index (χ3n) is 3.10. The van der Waals surface area contributed by atoms with E-state index in [0.29, 0.717) is 13.0 Å². The fourth-order valence-corrected chi connectivity index (χ4v) is 2.02. The van der Waals surface area contributed by atoms with Crippen LogP contribution in [-0.4, -0.2) is 21.7 Å². The van der Waals surface area contributed by atoms with Crippen molar-refractivity contribution in [3.63, 3.8) is 0 Å². The topological polar surface area (TPSA) is 72.9 Å². The highest BCUT2D eigenvalue weighted by atomic mass is 16.2. The lowest BCUT2D eigenvalue weighted by Gasteiger charge is -2.14. The number of amides is 1. The third kappa shape index (κ3) is 3.68. The molecule has 2 aromatic rings. The molecule has 5 heteroatoms. The second-order valence-electron chi connectivity index (χ2n) is 4.75. The van der Waals surface area contributed by atoms with E-state index >= 15 is 0 Å². The minimum Gasteiger partial charge on any atom is -0.324 e. The predicted molar refractivity (Wildman–Crippen MR) is 79.3 cm³/mol. The number of hydrogen-bond acceptors (Lipinski definition) is 3. The van der Waals surface area contributed by atoms with Gasteiger partial charge in [-0.15, -0.1) is 0 Å². The summed E-state index contributed by atoms with van der Waals surface area (Å²) in [7, 11) is 0. The Bertz CT molecular complexity index is 551. The second-order valence-corrected chi connectivity index (χ2v) is 4.75. The van der Waals surface area contributed by atoms with Gasteiger partial charge in [0.1, 0.15) is 0 Å². The quantitative estimate of drug-likeness (QED) is 0.844. The molecule has 3 N–H and O–H groups in total. The molecule has 0 aliphatic rings. The molecule has 0 fully saturated rings. The zero-order valence-corrected chi connectivity index (χ0v) is 11.6. The minimum atomic E-state index is -0.460. The molecule has 2 rings (SSSR count). The molecule has 0 aliphatic carbocycles. The SMILES string of the molecule is CCCC(N)C(=O)Nc1ccccc1Cn1cccn1. The molecule has 1 amide bonds. The van der Waals surface area contributed by atoms with Gasteiger partial charge in [-0.2, -0.15) is 5.10 Å². The average Bonchev–Trinajstić information content (AvgIpc) is 2.94. The van der Waals surface area contributed by atoms with Crippen molar-refractivity contribution in [3.8, 4) is 0 Å². The van der Waals surface area contributed by atoms with Gasteiger partial charge in [0.25, 0.3) is 0 Å². The first-order valence-corrected chi connectivity index (χ1v) is 6.82. The van der Waals surface area contributed by atoms with Crippen molar-refractivity contribution < 1.29 is 4.79 Å². The van der Waals surface area contributed by atoms with Crippen molar-refractivity contribution in [1.82, 2.24) is 9.78 Å². The normalized spacial score (nSPS) is 12.1. The molecule has 0 aliphatic heterocycles. The van der Waals surface area contributed by atoms with Gasteiger partial charge < -0.3 is 11.1 Å². The Morgan fingerprint density at radius 3 is 2.90 bits per heavy atom. The Hall–Kier alpha value is -2.14. The molecular weight excluding hydrogens is 252 g/mol. The zero-order valence-electron chi connectivity index (χ0n) is 11.6. The number of rotatable bonds is 6. The molecule has 0 bridgehead atoms. The van der Waals surface area contributed by atoms with E-state index in [1.807, 2.05) is 48.1 Å². The fraction of sp³-hybridized carbons (Fsp3) is 0.333. The number of carbonyl (C=O) groups is 1. The number of benzene rings is 1. The van der Waals surface area contributed by atoms with Gasteiger partial charge in [-0.25, -0.2) is 0 Å².